The van der Waals surface area contributed by atoms with Crippen LogP contribution in [-0.4, -0.2) is 98.6 Å². The minimum atomic E-state index is -5.39. The van der Waals surface area contributed by atoms with Crippen molar-refractivity contribution in [3.63, 3.8) is 0 Å². The molecule has 1 aromatic heterocycles. The Morgan fingerprint density at radius 3 is 1.92 bits per heavy atom. The van der Waals surface area contributed by atoms with Crippen molar-refractivity contribution in [3.8, 4) is 5.75 Å². The first kappa shape index (κ1) is 45.2. The Labute approximate surface area is 337 Å². The fourth-order valence-electron chi connectivity index (χ4n) is 5.04. The van der Waals surface area contributed by atoms with Crippen molar-refractivity contribution in [1.29, 1.82) is 0 Å². The molecule has 1 amide bonds. The number of sulfone groups is 1. The van der Waals surface area contributed by atoms with Crippen LogP contribution in [0.4, 0.5) is 44.7 Å². The molecule has 8 N–H and O–H groups in total. The second-order valence-corrected chi connectivity index (χ2v) is 19.1. The van der Waals surface area contributed by atoms with E-state index >= 15 is 0 Å². The Bertz CT molecular complexity index is 3190. The lowest BCUT2D eigenvalue weighted by atomic mass is 10.1. The van der Waals surface area contributed by atoms with Gasteiger partial charge < -0.3 is 21.1 Å². The van der Waals surface area contributed by atoms with E-state index in [0.717, 1.165) is 37.3 Å². The molecule has 31 heteroatoms. The maximum atomic E-state index is 14.6. The number of hydrogen-bond acceptors (Lipinski definition) is 20. The van der Waals surface area contributed by atoms with Crippen LogP contribution in [0, 0.1) is 6.08 Å². The van der Waals surface area contributed by atoms with Crippen molar-refractivity contribution in [2.45, 2.75) is 26.5 Å². The second kappa shape index (κ2) is 16.6. The Hall–Kier alpha value is -5.90. The van der Waals surface area contributed by atoms with Crippen LogP contribution >= 0.6 is 0 Å². The van der Waals surface area contributed by atoms with Gasteiger partial charge in [-0.15, -0.1) is 10.2 Å². The summed E-state index contributed by atoms with van der Waals surface area (Å²) in [5, 5.41) is 24.6. The van der Waals surface area contributed by atoms with Gasteiger partial charge >= 0.3 is 16.5 Å². The predicted octanol–water partition coefficient (Wildman–Crippen LogP) is 3.06. The number of halogens is 1. The zero-order valence-electron chi connectivity index (χ0n) is 29.5. The van der Waals surface area contributed by atoms with Gasteiger partial charge in [-0.05, 0) is 60.0 Å². The van der Waals surface area contributed by atoms with Crippen molar-refractivity contribution >= 4 is 108 Å². The Balaban J connectivity index is 1.53. The lowest BCUT2D eigenvalue weighted by Gasteiger charge is -2.14. The van der Waals surface area contributed by atoms with E-state index < -0.39 is 135 Å². The van der Waals surface area contributed by atoms with Crippen LogP contribution in [0.25, 0.3) is 10.8 Å². The van der Waals surface area contributed by atoms with Gasteiger partial charge in [-0.25, -0.2) is 12.6 Å². The highest BCUT2D eigenvalue weighted by atomic mass is 32.3. The van der Waals surface area contributed by atoms with Gasteiger partial charge in [0.25, 0.3) is 30.4 Å². The summed E-state index contributed by atoms with van der Waals surface area (Å²) in [7, 11) is -24.7. The molecule has 0 saturated heterocycles. The van der Waals surface area contributed by atoms with Crippen LogP contribution in [0.2, 0.25) is 0 Å². The first-order valence-electron chi connectivity index (χ1n) is 15.6. The number of fused-ring (bicyclic) bond motifs is 1. The van der Waals surface area contributed by atoms with E-state index in [2.05, 4.69) is 45.3 Å². The van der Waals surface area contributed by atoms with Crippen molar-refractivity contribution in [3.05, 3.63) is 66.7 Å². The summed E-state index contributed by atoms with van der Waals surface area (Å²) in [6.07, 6.45) is -1.41. The first-order chi connectivity index (χ1) is 27.6. The number of rotatable bonds is 15. The number of nitrogens with one attached hydrogen (secondary N) is 3. The third kappa shape index (κ3) is 11.2. The minimum absolute atomic E-state index is 0.0344. The number of phenolic OH excluding ortho intramolecular Hbond substituents is 1. The van der Waals surface area contributed by atoms with E-state index in [9.17, 15) is 70.0 Å². The summed E-state index contributed by atoms with van der Waals surface area (Å²) < 4.78 is 177. The average Bonchev–Trinajstić information content (AvgIpc) is 3.08. The van der Waals surface area contributed by atoms with E-state index in [0.29, 0.717) is 18.2 Å². The van der Waals surface area contributed by atoms with Crippen LogP contribution in [0.15, 0.2) is 90.5 Å². The quantitative estimate of drug-likeness (QED) is 0.0552. The normalized spacial score (nSPS) is 12.8. The van der Waals surface area contributed by atoms with Crippen LogP contribution in [0.1, 0.15) is 6.92 Å². The van der Waals surface area contributed by atoms with Gasteiger partial charge in [-0.3, -0.25) is 23.0 Å². The van der Waals surface area contributed by atoms with Crippen molar-refractivity contribution < 1.29 is 78.8 Å². The van der Waals surface area contributed by atoms with Gasteiger partial charge in [-0.1, -0.05) is 6.07 Å². The van der Waals surface area contributed by atoms with Crippen LogP contribution < -0.4 is 16.0 Å². The zero-order valence-corrected chi connectivity index (χ0v) is 33.6. The van der Waals surface area contributed by atoms with Crippen LogP contribution in [0.3, 0.4) is 0 Å². The number of phenols is 1. The summed E-state index contributed by atoms with van der Waals surface area (Å²) in [6.45, 7) is 0.0621. The number of carbonyl (C=O) groups is 1. The first-order valence-corrected chi connectivity index (χ1v) is 22.9. The summed E-state index contributed by atoms with van der Waals surface area (Å²) in [6, 6.07) is 9.25. The van der Waals surface area contributed by atoms with Crippen molar-refractivity contribution in [1.82, 2.24) is 15.0 Å². The molecular formula is C29H25FN8O17S5. The van der Waals surface area contributed by atoms with Gasteiger partial charge in [0.2, 0.25) is 17.8 Å². The third-order valence-electron chi connectivity index (χ3n) is 7.40. The standard InChI is InChI=1S/C29H25FN8O17S5/c1-14(39)31-21-13-19(57(43,44)45)9-15-10-23(59(49,50)51)25(26(40)24(15)21)38-37-20-12-17(5-6-22(20)58(46,47)48)33-29-35-27(30)34-28(36-29)32-16-3-2-4-18(11-16)56(41,42)8-7-55-60(52,53)54/h2-6,9-13,40H,7-8H2,1H3,(H,31,39)(H,43,44,45)(H,46,47,48)(H,49,50,51)(H,52,53,54)(H2,32,33,34,35,36). The zero-order chi connectivity index (χ0) is 44.6. The molecule has 0 aliphatic heterocycles. The Morgan fingerprint density at radius 1 is 0.733 bits per heavy atom. The number of aromatic nitrogens is 3. The molecular weight excluding hydrogens is 912 g/mol. The van der Waals surface area contributed by atoms with Crippen LogP contribution in [0.5, 0.6) is 5.75 Å². The monoisotopic (exact) mass is 936 g/mol. The average molecular weight is 937 g/mol. The van der Waals surface area contributed by atoms with Crippen molar-refractivity contribution in [2.24, 2.45) is 10.2 Å². The number of benzene rings is 4. The molecule has 0 atom stereocenters. The summed E-state index contributed by atoms with van der Waals surface area (Å²) >= 11 is 0. The highest BCUT2D eigenvalue weighted by molar-refractivity contribution is 7.91. The molecule has 4 aromatic carbocycles. The topological polar surface area (TPSA) is 398 Å². The maximum absolute atomic E-state index is 14.6. The lowest BCUT2D eigenvalue weighted by molar-refractivity contribution is -0.114. The SMILES string of the molecule is CC(=O)Nc1cc(S(=O)(=O)O)cc2cc(S(=O)(=O)O)c(N=Nc3cc(Nc4nc(F)nc(Nc5cccc(S(=O)(=O)CCOS(=O)(=O)O)c5)n4)ccc3S(=O)(=O)O)c(O)c12. The minimum Gasteiger partial charge on any atom is -0.505 e. The Kier molecular flexibility index (Phi) is 12.5. The molecule has 0 aliphatic carbocycles. The number of anilines is 5. The number of aromatic hydroxyl groups is 1. The predicted molar refractivity (Wildman–Crippen MR) is 202 cm³/mol. The smallest absolute Gasteiger partial charge is 0.397 e. The Morgan fingerprint density at radius 2 is 1.35 bits per heavy atom. The molecule has 0 radical (unpaired) electrons. The molecule has 0 unspecified atom stereocenters. The molecule has 5 rings (SSSR count). The van der Waals surface area contributed by atoms with Crippen molar-refractivity contribution in [2.75, 3.05) is 28.3 Å². The summed E-state index contributed by atoms with van der Waals surface area (Å²) in [4.78, 5) is 19.3. The highest BCUT2D eigenvalue weighted by Gasteiger charge is 2.27. The molecule has 0 fully saturated rings. The number of azo groups is 1. The van der Waals surface area contributed by atoms with Gasteiger partial charge in [0, 0.05) is 23.7 Å². The number of carbonyl (C=O) groups excluding carboxylic acids is 1. The van der Waals surface area contributed by atoms with E-state index in [1.54, 1.807) is 0 Å². The number of amides is 1. The molecule has 320 valence electrons. The molecule has 60 heavy (non-hydrogen) atoms. The lowest BCUT2D eigenvalue weighted by Crippen LogP contribution is -2.15. The molecule has 25 nitrogen and oxygen atoms in total. The highest BCUT2D eigenvalue weighted by Crippen LogP contribution is 2.45. The molecule has 0 bridgehead atoms. The van der Waals surface area contributed by atoms with E-state index in [-0.39, 0.29) is 16.3 Å². The molecule has 0 saturated carbocycles. The third-order valence-corrected chi connectivity index (χ3v) is 12.1. The van der Waals surface area contributed by atoms with Crippen LogP contribution in [-0.2, 0) is 59.6 Å². The van der Waals surface area contributed by atoms with Gasteiger partial charge in [0.15, 0.2) is 15.6 Å². The molecule has 0 aliphatic rings. The summed E-state index contributed by atoms with van der Waals surface area (Å²) in [5.74, 6) is -4.00. The number of nitrogens with zero attached hydrogens (tertiary/aromatic N) is 5. The number of hydrogen-bond donors (Lipinski definition) is 8. The molecule has 0 spiro atoms. The summed E-state index contributed by atoms with van der Waals surface area (Å²) in [5.41, 5.74) is -2.67. The van der Waals surface area contributed by atoms with E-state index in [4.69, 9.17) is 4.55 Å². The van der Waals surface area contributed by atoms with Gasteiger partial charge in [0.05, 0.1) is 27.8 Å². The van der Waals surface area contributed by atoms with Gasteiger partial charge in [-0.2, -0.15) is 53.0 Å². The largest absolute Gasteiger partial charge is 0.505 e. The molecule has 5 aromatic rings. The maximum Gasteiger partial charge on any atom is 0.397 e. The van der Waals surface area contributed by atoms with E-state index in [1.807, 2.05) is 0 Å². The van der Waals surface area contributed by atoms with Gasteiger partial charge in [0.1, 0.15) is 21.2 Å². The second-order valence-electron chi connectivity index (χ2n) is 11.7. The molecule has 1 heterocycles. The van der Waals surface area contributed by atoms with E-state index in [1.165, 1.54) is 12.1 Å². The fourth-order valence-corrected chi connectivity index (χ4v) is 8.37. The fraction of sp³-hybridized carbons (Fsp3) is 0.103.